The number of hydrogen-bond acceptors (Lipinski definition) is 3. The smallest absolute Gasteiger partial charge is 0.382 e. The third kappa shape index (κ3) is 4.10. The van der Waals surface area contributed by atoms with Gasteiger partial charge in [0.1, 0.15) is 0 Å². The quantitative estimate of drug-likeness (QED) is 0.936. The first kappa shape index (κ1) is 17.0. The second-order valence-electron chi connectivity index (χ2n) is 5.25. The predicted octanol–water partition coefficient (Wildman–Crippen LogP) is 2.18. The Morgan fingerprint density at radius 3 is 2.43 bits per heavy atom. The van der Waals surface area contributed by atoms with E-state index in [2.05, 4.69) is 5.10 Å². The highest BCUT2D eigenvalue weighted by molar-refractivity contribution is 5.94. The van der Waals surface area contributed by atoms with Crippen molar-refractivity contribution < 1.29 is 23.1 Å². The van der Waals surface area contributed by atoms with E-state index in [-0.39, 0.29) is 5.56 Å². The first-order chi connectivity index (χ1) is 10.7. The van der Waals surface area contributed by atoms with E-state index in [0.717, 1.165) is 16.2 Å². The molecule has 1 unspecified atom stereocenters. The standard InChI is InChI=1S/C15H16F3N3O2/c1-10-7-19-21(8-10)12-5-3-11(4-6-12)14(23)20(2)9-13(22)15(16,17)18/h3-8,13,22H,9H2,1-2H3. The van der Waals surface area contributed by atoms with Crippen LogP contribution < -0.4 is 0 Å². The Balaban J connectivity index is 2.08. The summed E-state index contributed by atoms with van der Waals surface area (Å²) < 4.78 is 38.6. The van der Waals surface area contributed by atoms with Crippen LogP contribution in [0.3, 0.4) is 0 Å². The first-order valence-corrected chi connectivity index (χ1v) is 6.80. The van der Waals surface area contributed by atoms with Gasteiger partial charge in [0.15, 0.2) is 6.10 Å². The molecule has 0 radical (unpaired) electrons. The SMILES string of the molecule is Cc1cnn(-c2ccc(C(=O)N(C)CC(O)C(F)(F)F)cc2)c1. The zero-order valence-corrected chi connectivity index (χ0v) is 12.6. The van der Waals surface area contributed by atoms with E-state index in [9.17, 15) is 18.0 Å². The third-order valence-electron chi connectivity index (χ3n) is 3.26. The van der Waals surface area contributed by atoms with Crippen LogP contribution in [-0.2, 0) is 0 Å². The number of nitrogens with zero attached hydrogens (tertiary/aromatic N) is 3. The third-order valence-corrected chi connectivity index (χ3v) is 3.26. The fourth-order valence-electron chi connectivity index (χ4n) is 1.98. The van der Waals surface area contributed by atoms with Crippen LogP contribution in [0.15, 0.2) is 36.7 Å². The minimum Gasteiger partial charge on any atom is -0.382 e. The lowest BCUT2D eigenvalue weighted by atomic mass is 10.1. The number of hydrogen-bond donors (Lipinski definition) is 1. The average molecular weight is 327 g/mol. The molecule has 1 heterocycles. The van der Waals surface area contributed by atoms with Gasteiger partial charge in [0.25, 0.3) is 5.91 Å². The monoisotopic (exact) mass is 327 g/mol. The maximum atomic E-state index is 12.3. The number of aryl methyl sites for hydroxylation is 1. The summed E-state index contributed by atoms with van der Waals surface area (Å²) in [7, 11) is 1.21. The molecule has 0 spiro atoms. The molecule has 124 valence electrons. The minimum atomic E-state index is -4.75. The predicted molar refractivity (Wildman–Crippen MR) is 77.3 cm³/mol. The lowest BCUT2D eigenvalue weighted by Crippen LogP contribution is -2.41. The molecule has 0 aliphatic carbocycles. The molecule has 1 amide bonds. The van der Waals surface area contributed by atoms with Crippen LogP contribution in [0.2, 0.25) is 0 Å². The van der Waals surface area contributed by atoms with Crippen molar-refractivity contribution in [2.24, 2.45) is 0 Å². The summed E-state index contributed by atoms with van der Waals surface area (Å²) in [5.41, 5.74) is 1.94. The van der Waals surface area contributed by atoms with Crippen molar-refractivity contribution >= 4 is 5.91 Å². The van der Waals surface area contributed by atoms with Gasteiger partial charge in [-0.15, -0.1) is 0 Å². The zero-order valence-electron chi connectivity index (χ0n) is 12.6. The van der Waals surface area contributed by atoms with Gasteiger partial charge >= 0.3 is 6.18 Å². The lowest BCUT2D eigenvalue weighted by Gasteiger charge is -2.22. The normalized spacial score (nSPS) is 13.0. The second kappa shape index (κ2) is 6.41. The van der Waals surface area contributed by atoms with E-state index in [1.165, 1.54) is 19.2 Å². The summed E-state index contributed by atoms with van der Waals surface area (Å²) >= 11 is 0. The van der Waals surface area contributed by atoms with E-state index in [1.54, 1.807) is 23.0 Å². The number of halogens is 3. The Labute approximate surface area is 130 Å². The summed E-state index contributed by atoms with van der Waals surface area (Å²) in [4.78, 5) is 12.9. The van der Waals surface area contributed by atoms with Gasteiger partial charge in [-0.3, -0.25) is 4.79 Å². The highest BCUT2D eigenvalue weighted by Crippen LogP contribution is 2.21. The van der Waals surface area contributed by atoms with Crippen LogP contribution in [0, 0.1) is 6.92 Å². The van der Waals surface area contributed by atoms with Gasteiger partial charge in [-0.25, -0.2) is 4.68 Å². The van der Waals surface area contributed by atoms with E-state index in [1.807, 2.05) is 13.1 Å². The molecule has 0 saturated carbocycles. The van der Waals surface area contributed by atoms with Gasteiger partial charge in [0, 0.05) is 18.8 Å². The maximum Gasteiger partial charge on any atom is 0.416 e. The number of aromatic nitrogens is 2. The van der Waals surface area contributed by atoms with Crippen LogP contribution in [0.5, 0.6) is 0 Å². The number of aliphatic hydroxyl groups is 1. The number of carbonyl (C=O) groups is 1. The lowest BCUT2D eigenvalue weighted by molar-refractivity contribution is -0.205. The van der Waals surface area contributed by atoms with E-state index in [0.29, 0.717) is 0 Å². The number of amides is 1. The molecule has 8 heteroatoms. The molecule has 2 rings (SSSR count). The zero-order chi connectivity index (χ0) is 17.2. The topological polar surface area (TPSA) is 58.4 Å². The Morgan fingerprint density at radius 1 is 1.35 bits per heavy atom. The Morgan fingerprint density at radius 2 is 1.96 bits per heavy atom. The van der Waals surface area contributed by atoms with Crippen molar-refractivity contribution in [2.75, 3.05) is 13.6 Å². The van der Waals surface area contributed by atoms with Gasteiger partial charge in [-0.2, -0.15) is 18.3 Å². The summed E-state index contributed by atoms with van der Waals surface area (Å²) in [5.74, 6) is -0.600. The Bertz CT molecular complexity index is 680. The Kier molecular flexibility index (Phi) is 4.74. The van der Waals surface area contributed by atoms with Crippen molar-refractivity contribution in [3.63, 3.8) is 0 Å². The van der Waals surface area contributed by atoms with E-state index >= 15 is 0 Å². The molecule has 0 bridgehead atoms. The molecule has 1 aromatic heterocycles. The molecule has 1 aromatic carbocycles. The van der Waals surface area contributed by atoms with Gasteiger partial charge in [-0.1, -0.05) is 0 Å². The summed E-state index contributed by atoms with van der Waals surface area (Å²) in [5, 5.41) is 13.1. The minimum absolute atomic E-state index is 0.231. The maximum absolute atomic E-state index is 12.3. The fraction of sp³-hybridized carbons (Fsp3) is 0.333. The van der Waals surface area contributed by atoms with Crippen molar-refractivity contribution in [3.05, 3.63) is 47.8 Å². The average Bonchev–Trinajstić information content (AvgIpc) is 2.92. The molecule has 0 aliphatic rings. The molecule has 1 N–H and O–H groups in total. The van der Waals surface area contributed by atoms with Gasteiger partial charge < -0.3 is 10.0 Å². The van der Waals surface area contributed by atoms with Crippen LogP contribution in [0.4, 0.5) is 13.2 Å². The summed E-state index contributed by atoms with van der Waals surface area (Å²) in [6.45, 7) is 1.07. The van der Waals surface area contributed by atoms with E-state index in [4.69, 9.17) is 5.11 Å². The Hall–Kier alpha value is -2.35. The second-order valence-corrected chi connectivity index (χ2v) is 5.25. The molecule has 5 nitrogen and oxygen atoms in total. The van der Waals surface area contributed by atoms with Crippen LogP contribution in [0.25, 0.3) is 5.69 Å². The molecular weight excluding hydrogens is 311 g/mol. The van der Waals surface area contributed by atoms with Crippen LogP contribution >= 0.6 is 0 Å². The number of benzene rings is 1. The van der Waals surface area contributed by atoms with Gasteiger partial charge in [0.2, 0.25) is 0 Å². The fourth-order valence-corrected chi connectivity index (χ4v) is 1.98. The van der Waals surface area contributed by atoms with Crippen molar-refractivity contribution in [1.82, 2.24) is 14.7 Å². The van der Waals surface area contributed by atoms with Gasteiger partial charge in [-0.05, 0) is 36.8 Å². The molecule has 23 heavy (non-hydrogen) atoms. The molecule has 2 aromatic rings. The molecule has 0 aliphatic heterocycles. The van der Waals surface area contributed by atoms with Crippen LogP contribution in [0.1, 0.15) is 15.9 Å². The molecule has 0 saturated heterocycles. The van der Waals surface area contributed by atoms with Crippen molar-refractivity contribution in [1.29, 1.82) is 0 Å². The molecule has 0 fully saturated rings. The molecular formula is C15H16F3N3O2. The van der Waals surface area contributed by atoms with Crippen molar-refractivity contribution in [2.45, 2.75) is 19.2 Å². The van der Waals surface area contributed by atoms with Crippen LogP contribution in [-0.4, -0.2) is 51.6 Å². The number of rotatable bonds is 4. The number of aliphatic hydroxyl groups excluding tert-OH is 1. The summed E-state index contributed by atoms with van der Waals surface area (Å²) in [6, 6.07) is 6.30. The number of alkyl halides is 3. The highest BCUT2D eigenvalue weighted by atomic mass is 19.4. The number of likely N-dealkylation sites (N-methyl/N-ethyl adjacent to an activating group) is 1. The van der Waals surface area contributed by atoms with E-state index < -0.39 is 24.7 Å². The number of carbonyl (C=O) groups excluding carboxylic acids is 1. The highest BCUT2D eigenvalue weighted by Gasteiger charge is 2.39. The summed E-state index contributed by atoms with van der Waals surface area (Å²) in [6.07, 6.45) is -3.83. The van der Waals surface area contributed by atoms with Crippen molar-refractivity contribution in [3.8, 4) is 5.69 Å². The largest absolute Gasteiger partial charge is 0.416 e. The van der Waals surface area contributed by atoms with Gasteiger partial charge in [0.05, 0.1) is 18.4 Å². The first-order valence-electron chi connectivity index (χ1n) is 6.80. The molecule has 1 atom stereocenters.